The third-order valence-electron chi connectivity index (χ3n) is 3.46. The van der Waals surface area contributed by atoms with Crippen LogP contribution in [0.3, 0.4) is 0 Å². The molecule has 0 unspecified atom stereocenters. The molecule has 2 aromatic rings. The number of carbonyl (C=O) groups is 1. The molecule has 2 rings (SSSR count). The Balaban J connectivity index is 2.15. The maximum atomic E-state index is 12.5. The van der Waals surface area contributed by atoms with Gasteiger partial charge in [-0.15, -0.1) is 0 Å². The van der Waals surface area contributed by atoms with Gasteiger partial charge in [-0.2, -0.15) is 5.10 Å². The lowest BCUT2D eigenvalue weighted by Gasteiger charge is -2.09. The van der Waals surface area contributed by atoms with Gasteiger partial charge in [0, 0.05) is 12.2 Å². The molecule has 1 aromatic carbocycles. The van der Waals surface area contributed by atoms with Gasteiger partial charge in [0.2, 0.25) is 0 Å². The smallest absolute Gasteiger partial charge is 0.338 e. The van der Waals surface area contributed by atoms with E-state index < -0.39 is 16.0 Å². The van der Waals surface area contributed by atoms with Crippen molar-refractivity contribution in [2.75, 3.05) is 11.3 Å². The molecule has 0 atom stereocenters. The van der Waals surface area contributed by atoms with E-state index >= 15 is 0 Å². The number of esters is 1. The molecule has 24 heavy (non-hydrogen) atoms. The van der Waals surface area contributed by atoms with Crippen LogP contribution in [0.25, 0.3) is 0 Å². The van der Waals surface area contributed by atoms with Gasteiger partial charge < -0.3 is 4.74 Å². The summed E-state index contributed by atoms with van der Waals surface area (Å²) in [5, 5.41) is 4.04. The highest BCUT2D eigenvalue weighted by Crippen LogP contribution is 2.19. The summed E-state index contributed by atoms with van der Waals surface area (Å²) in [6.07, 6.45) is 2.08. The van der Waals surface area contributed by atoms with Gasteiger partial charge in [0.05, 0.1) is 24.1 Å². The standard InChI is InChI=1S/C16H21N3O4S/c1-4-10-23-16(20)13-6-8-14(9-7-13)18-24(21,22)15-11-17-19(5-2)12(15)3/h6-9,11,18H,4-5,10H2,1-3H3. The molecule has 1 aromatic heterocycles. The third-order valence-corrected chi connectivity index (χ3v) is 4.94. The minimum Gasteiger partial charge on any atom is -0.462 e. The van der Waals surface area contributed by atoms with E-state index in [2.05, 4.69) is 9.82 Å². The van der Waals surface area contributed by atoms with Crippen molar-refractivity contribution in [1.82, 2.24) is 9.78 Å². The van der Waals surface area contributed by atoms with Crippen LogP contribution in [0.1, 0.15) is 36.3 Å². The Morgan fingerprint density at radius 1 is 1.25 bits per heavy atom. The molecule has 0 aliphatic heterocycles. The second kappa shape index (κ2) is 7.48. The van der Waals surface area contributed by atoms with E-state index in [0.29, 0.717) is 30.1 Å². The van der Waals surface area contributed by atoms with Crippen LogP contribution in [0.5, 0.6) is 0 Å². The third kappa shape index (κ3) is 3.94. The van der Waals surface area contributed by atoms with Crippen LogP contribution >= 0.6 is 0 Å². The van der Waals surface area contributed by atoms with Gasteiger partial charge in [-0.05, 0) is 44.5 Å². The number of sulfonamides is 1. The molecule has 0 bridgehead atoms. The van der Waals surface area contributed by atoms with Crippen molar-refractivity contribution in [1.29, 1.82) is 0 Å². The maximum Gasteiger partial charge on any atom is 0.338 e. The average molecular weight is 351 g/mol. The van der Waals surface area contributed by atoms with E-state index in [-0.39, 0.29) is 4.90 Å². The first-order chi connectivity index (χ1) is 11.4. The Bertz CT molecular complexity index is 810. The number of aromatic nitrogens is 2. The molecule has 130 valence electrons. The van der Waals surface area contributed by atoms with E-state index in [0.717, 1.165) is 6.42 Å². The van der Waals surface area contributed by atoms with Crippen molar-refractivity contribution >= 4 is 21.7 Å². The summed E-state index contributed by atoms with van der Waals surface area (Å²) >= 11 is 0. The highest BCUT2D eigenvalue weighted by Gasteiger charge is 2.20. The molecule has 0 amide bonds. The monoisotopic (exact) mass is 351 g/mol. The number of anilines is 1. The van der Waals surface area contributed by atoms with E-state index in [1.165, 1.54) is 30.5 Å². The fraction of sp³-hybridized carbons (Fsp3) is 0.375. The van der Waals surface area contributed by atoms with Crippen LogP contribution in [-0.4, -0.2) is 30.8 Å². The number of rotatable bonds is 7. The maximum absolute atomic E-state index is 12.5. The SMILES string of the molecule is CCCOC(=O)c1ccc(NS(=O)(=O)c2cnn(CC)c2C)cc1. The van der Waals surface area contributed by atoms with E-state index in [1.807, 2.05) is 13.8 Å². The number of benzene rings is 1. The molecule has 8 heteroatoms. The molecule has 0 aliphatic rings. The van der Waals surface area contributed by atoms with Crippen molar-refractivity contribution in [3.63, 3.8) is 0 Å². The highest BCUT2D eigenvalue weighted by molar-refractivity contribution is 7.92. The molecular formula is C16H21N3O4S. The summed E-state index contributed by atoms with van der Waals surface area (Å²) in [5.41, 5.74) is 1.32. The number of hydrogen-bond donors (Lipinski definition) is 1. The van der Waals surface area contributed by atoms with Gasteiger partial charge in [-0.3, -0.25) is 9.40 Å². The Morgan fingerprint density at radius 3 is 2.46 bits per heavy atom. The normalized spacial score (nSPS) is 11.3. The average Bonchev–Trinajstić information content (AvgIpc) is 2.94. The summed E-state index contributed by atoms with van der Waals surface area (Å²) < 4.78 is 34.0. The van der Waals surface area contributed by atoms with Gasteiger partial charge >= 0.3 is 5.97 Å². The molecule has 0 saturated heterocycles. The zero-order valence-electron chi connectivity index (χ0n) is 13.9. The lowest BCUT2D eigenvalue weighted by Crippen LogP contribution is -2.14. The quantitative estimate of drug-likeness (QED) is 0.774. The number of carbonyl (C=O) groups excluding carboxylic acids is 1. The summed E-state index contributed by atoms with van der Waals surface area (Å²) in [6.45, 7) is 6.45. The fourth-order valence-corrected chi connectivity index (χ4v) is 3.41. The van der Waals surface area contributed by atoms with Crippen molar-refractivity contribution < 1.29 is 17.9 Å². The van der Waals surface area contributed by atoms with Crippen LogP contribution in [0.4, 0.5) is 5.69 Å². The lowest BCUT2D eigenvalue weighted by molar-refractivity contribution is 0.0505. The second-order valence-electron chi connectivity index (χ2n) is 5.23. The van der Waals surface area contributed by atoms with Crippen LogP contribution in [-0.2, 0) is 21.3 Å². The van der Waals surface area contributed by atoms with Crippen molar-refractivity contribution in [2.24, 2.45) is 0 Å². The van der Waals surface area contributed by atoms with Crippen molar-refractivity contribution in [3.8, 4) is 0 Å². The Hall–Kier alpha value is -2.35. The number of aryl methyl sites for hydroxylation is 1. The second-order valence-corrected chi connectivity index (χ2v) is 6.88. The first-order valence-electron chi connectivity index (χ1n) is 7.71. The number of ether oxygens (including phenoxy) is 1. The van der Waals surface area contributed by atoms with Gasteiger partial charge in [0.15, 0.2) is 0 Å². The summed E-state index contributed by atoms with van der Waals surface area (Å²) in [6, 6.07) is 6.11. The number of nitrogens with zero attached hydrogens (tertiary/aromatic N) is 2. The molecule has 0 radical (unpaired) electrons. The Labute approximate surface area is 141 Å². The van der Waals surface area contributed by atoms with Gasteiger partial charge in [-0.25, -0.2) is 13.2 Å². The minimum atomic E-state index is -3.73. The number of nitrogens with one attached hydrogen (secondary N) is 1. The molecule has 0 fully saturated rings. The van der Waals surface area contributed by atoms with Gasteiger partial charge in [0.1, 0.15) is 4.90 Å². The Morgan fingerprint density at radius 2 is 1.92 bits per heavy atom. The number of hydrogen-bond acceptors (Lipinski definition) is 5. The Kier molecular flexibility index (Phi) is 5.61. The van der Waals surface area contributed by atoms with Crippen LogP contribution in [0.2, 0.25) is 0 Å². The van der Waals surface area contributed by atoms with Crippen molar-refractivity contribution in [3.05, 3.63) is 41.7 Å². The van der Waals surface area contributed by atoms with E-state index in [1.54, 1.807) is 11.6 Å². The zero-order valence-corrected chi connectivity index (χ0v) is 14.8. The molecule has 1 heterocycles. The molecule has 1 N–H and O–H groups in total. The molecule has 0 saturated carbocycles. The van der Waals surface area contributed by atoms with Crippen LogP contribution in [0.15, 0.2) is 35.4 Å². The minimum absolute atomic E-state index is 0.135. The summed E-state index contributed by atoms with van der Waals surface area (Å²) in [5.74, 6) is -0.425. The van der Waals surface area contributed by atoms with E-state index in [9.17, 15) is 13.2 Å². The predicted molar refractivity (Wildman–Crippen MR) is 90.5 cm³/mol. The molecular weight excluding hydrogens is 330 g/mol. The molecule has 0 aliphatic carbocycles. The lowest BCUT2D eigenvalue weighted by atomic mass is 10.2. The van der Waals surface area contributed by atoms with Crippen LogP contribution < -0.4 is 4.72 Å². The zero-order chi connectivity index (χ0) is 17.7. The molecule has 7 nitrogen and oxygen atoms in total. The fourth-order valence-electron chi connectivity index (χ4n) is 2.17. The summed E-state index contributed by atoms with van der Waals surface area (Å²) in [4.78, 5) is 11.9. The first kappa shape index (κ1) is 18.0. The molecule has 0 spiro atoms. The largest absolute Gasteiger partial charge is 0.462 e. The van der Waals surface area contributed by atoms with Gasteiger partial charge in [0.25, 0.3) is 10.0 Å². The summed E-state index contributed by atoms with van der Waals surface area (Å²) in [7, 11) is -3.73. The van der Waals surface area contributed by atoms with Crippen molar-refractivity contribution in [2.45, 2.75) is 38.6 Å². The first-order valence-corrected chi connectivity index (χ1v) is 9.19. The topological polar surface area (TPSA) is 90.3 Å². The van der Waals surface area contributed by atoms with Crippen LogP contribution in [0, 0.1) is 6.92 Å². The van der Waals surface area contributed by atoms with E-state index in [4.69, 9.17) is 4.74 Å². The highest BCUT2D eigenvalue weighted by atomic mass is 32.2. The van der Waals surface area contributed by atoms with Gasteiger partial charge in [-0.1, -0.05) is 6.92 Å². The predicted octanol–water partition coefficient (Wildman–Crippen LogP) is 2.58.